The molecule has 3 aromatic heterocycles. The summed E-state index contributed by atoms with van der Waals surface area (Å²) >= 11 is 0. The lowest BCUT2D eigenvalue weighted by Crippen LogP contribution is -2.02. The van der Waals surface area contributed by atoms with Crippen LogP contribution in [0.3, 0.4) is 0 Å². The van der Waals surface area contributed by atoms with Crippen LogP contribution in [0.25, 0.3) is 127 Å². The van der Waals surface area contributed by atoms with E-state index in [2.05, 4.69) is 180 Å². The number of para-hydroxylation sites is 1. The molecule has 4 heteroatoms. The minimum atomic E-state index is 0.684. The Labute approximate surface area is 356 Å². The van der Waals surface area contributed by atoms with Crippen LogP contribution in [0.5, 0.6) is 0 Å². The molecule has 0 aliphatic carbocycles. The highest BCUT2D eigenvalue weighted by molar-refractivity contribution is 6.29. The first-order valence-corrected chi connectivity index (χ1v) is 21.1. The molecule has 3 heterocycles. The molecule has 62 heavy (non-hydrogen) atoms. The first-order valence-electron chi connectivity index (χ1n) is 21.1. The average molecular weight is 790 g/mol. The van der Waals surface area contributed by atoms with E-state index in [0.717, 1.165) is 66.7 Å². The van der Waals surface area contributed by atoms with Crippen molar-refractivity contribution in [2.24, 2.45) is 0 Å². The van der Waals surface area contributed by atoms with Gasteiger partial charge in [0.2, 0.25) is 0 Å². The third kappa shape index (κ3) is 5.40. The van der Waals surface area contributed by atoms with Crippen LogP contribution in [0.15, 0.2) is 217 Å². The second-order valence-corrected chi connectivity index (χ2v) is 16.1. The van der Waals surface area contributed by atoms with Gasteiger partial charge in [0.25, 0.3) is 0 Å². The van der Waals surface area contributed by atoms with E-state index in [0.29, 0.717) is 5.82 Å². The van der Waals surface area contributed by atoms with E-state index in [1.807, 2.05) is 36.4 Å². The quantitative estimate of drug-likeness (QED) is 0.163. The standard InChI is InChI=1S/C58H35N3O/c1-4-14-36(15-5-1)39-26-29-53-50(31-39)51-33-48-43-21-11-10-20-42(43)47-30-40(41-25-28-46-45-22-12-13-23-55(45)62-56(46)32-41)24-27-44(47)49(48)34-54(51)61(53)57-35-52(37-16-6-2-7-17-37)59-58(60-57)38-18-8-3-9-19-38/h1-35H. The number of hydrogen-bond donors (Lipinski definition) is 0. The summed E-state index contributed by atoms with van der Waals surface area (Å²) in [6.07, 6.45) is 0. The van der Waals surface area contributed by atoms with Crippen LogP contribution in [0.2, 0.25) is 0 Å². The third-order valence-electron chi connectivity index (χ3n) is 12.6. The summed E-state index contributed by atoms with van der Waals surface area (Å²) < 4.78 is 8.67. The maximum absolute atomic E-state index is 6.33. The van der Waals surface area contributed by atoms with Crippen molar-refractivity contribution in [2.45, 2.75) is 0 Å². The Morgan fingerprint density at radius 1 is 0.290 bits per heavy atom. The van der Waals surface area contributed by atoms with Gasteiger partial charge in [0, 0.05) is 38.7 Å². The second-order valence-electron chi connectivity index (χ2n) is 16.1. The summed E-state index contributed by atoms with van der Waals surface area (Å²) in [4.78, 5) is 10.5. The smallest absolute Gasteiger partial charge is 0.162 e. The third-order valence-corrected chi connectivity index (χ3v) is 12.6. The summed E-state index contributed by atoms with van der Waals surface area (Å²) in [5.74, 6) is 1.50. The fourth-order valence-electron chi connectivity index (χ4n) is 9.63. The van der Waals surface area contributed by atoms with Crippen LogP contribution in [0.1, 0.15) is 0 Å². The summed E-state index contributed by atoms with van der Waals surface area (Å²) in [6, 6.07) is 75.8. The fraction of sp³-hybridized carbons (Fsp3) is 0. The van der Waals surface area contributed by atoms with E-state index in [1.54, 1.807) is 0 Å². The predicted octanol–water partition coefficient (Wildman–Crippen LogP) is 15.6. The molecule has 13 aromatic rings. The van der Waals surface area contributed by atoms with Gasteiger partial charge in [0.15, 0.2) is 5.82 Å². The molecule has 0 N–H and O–H groups in total. The molecule has 0 saturated carbocycles. The lowest BCUT2D eigenvalue weighted by molar-refractivity contribution is 0.669. The zero-order valence-corrected chi connectivity index (χ0v) is 33.5. The Balaban J connectivity index is 1.10. The molecule has 0 bridgehead atoms. The average Bonchev–Trinajstić information content (AvgIpc) is 3.88. The van der Waals surface area contributed by atoms with Gasteiger partial charge < -0.3 is 4.42 Å². The summed E-state index contributed by atoms with van der Waals surface area (Å²) in [5.41, 5.74) is 11.5. The van der Waals surface area contributed by atoms with Gasteiger partial charge in [-0.2, -0.15) is 0 Å². The molecule has 0 atom stereocenters. The molecule has 0 spiro atoms. The topological polar surface area (TPSA) is 43.9 Å². The number of benzene rings is 10. The van der Waals surface area contributed by atoms with Gasteiger partial charge in [-0.15, -0.1) is 0 Å². The normalized spacial score (nSPS) is 11.9. The molecule has 10 aromatic carbocycles. The number of hydrogen-bond acceptors (Lipinski definition) is 3. The van der Waals surface area contributed by atoms with E-state index >= 15 is 0 Å². The fourth-order valence-corrected chi connectivity index (χ4v) is 9.63. The highest BCUT2D eigenvalue weighted by Gasteiger charge is 2.20. The van der Waals surface area contributed by atoms with E-state index in [4.69, 9.17) is 14.4 Å². The van der Waals surface area contributed by atoms with Gasteiger partial charge in [-0.1, -0.05) is 158 Å². The van der Waals surface area contributed by atoms with Crippen LogP contribution in [-0.4, -0.2) is 14.5 Å². The van der Waals surface area contributed by atoms with E-state index in [1.165, 1.54) is 54.2 Å². The maximum atomic E-state index is 6.33. The van der Waals surface area contributed by atoms with Crippen LogP contribution >= 0.6 is 0 Å². The number of aromatic nitrogens is 3. The number of nitrogens with zero attached hydrogens (tertiary/aromatic N) is 3. The highest BCUT2D eigenvalue weighted by Crippen LogP contribution is 2.43. The van der Waals surface area contributed by atoms with Gasteiger partial charge in [-0.25, -0.2) is 9.97 Å². The predicted molar refractivity (Wildman–Crippen MR) is 258 cm³/mol. The highest BCUT2D eigenvalue weighted by atomic mass is 16.3. The van der Waals surface area contributed by atoms with Gasteiger partial charge >= 0.3 is 0 Å². The lowest BCUT2D eigenvalue weighted by atomic mass is 9.91. The Morgan fingerprint density at radius 3 is 1.56 bits per heavy atom. The molecule has 0 radical (unpaired) electrons. The van der Waals surface area contributed by atoms with Gasteiger partial charge in [-0.05, 0) is 103 Å². The van der Waals surface area contributed by atoms with Crippen LogP contribution in [0, 0.1) is 0 Å². The van der Waals surface area contributed by atoms with Gasteiger partial charge in [0.1, 0.15) is 17.0 Å². The Morgan fingerprint density at radius 2 is 0.806 bits per heavy atom. The molecule has 288 valence electrons. The molecule has 0 aliphatic heterocycles. The van der Waals surface area contributed by atoms with Crippen molar-refractivity contribution in [2.75, 3.05) is 0 Å². The molecule has 0 amide bonds. The largest absolute Gasteiger partial charge is 0.456 e. The summed E-state index contributed by atoms with van der Waals surface area (Å²) in [6.45, 7) is 0. The molecule has 13 rings (SSSR count). The minimum absolute atomic E-state index is 0.684. The van der Waals surface area contributed by atoms with Crippen molar-refractivity contribution in [3.05, 3.63) is 212 Å². The van der Waals surface area contributed by atoms with Crippen molar-refractivity contribution >= 4 is 76.1 Å². The number of rotatable bonds is 5. The minimum Gasteiger partial charge on any atom is -0.456 e. The van der Waals surface area contributed by atoms with Gasteiger partial charge in [-0.3, -0.25) is 4.57 Å². The molecule has 4 nitrogen and oxygen atoms in total. The Bertz CT molecular complexity index is 3850. The maximum Gasteiger partial charge on any atom is 0.162 e. The molecular formula is C58H35N3O. The molecular weight excluding hydrogens is 755 g/mol. The van der Waals surface area contributed by atoms with Gasteiger partial charge in [0.05, 0.1) is 16.7 Å². The monoisotopic (exact) mass is 789 g/mol. The lowest BCUT2D eigenvalue weighted by Gasteiger charge is -2.14. The first-order chi connectivity index (χ1) is 30.7. The summed E-state index contributed by atoms with van der Waals surface area (Å²) in [7, 11) is 0. The molecule has 0 aliphatic rings. The second kappa shape index (κ2) is 13.6. The molecule has 0 saturated heterocycles. The van der Waals surface area contributed by atoms with Crippen molar-refractivity contribution < 1.29 is 4.42 Å². The van der Waals surface area contributed by atoms with Crippen molar-refractivity contribution in [3.8, 4) is 50.7 Å². The summed E-state index contributed by atoms with van der Waals surface area (Å²) in [5, 5.41) is 11.9. The Hall–Kier alpha value is -8.34. The van der Waals surface area contributed by atoms with Crippen molar-refractivity contribution in [1.29, 1.82) is 0 Å². The first kappa shape index (κ1) is 34.5. The number of furan rings is 1. The zero-order valence-electron chi connectivity index (χ0n) is 33.5. The van der Waals surface area contributed by atoms with Crippen molar-refractivity contribution in [1.82, 2.24) is 14.5 Å². The van der Waals surface area contributed by atoms with Crippen molar-refractivity contribution in [3.63, 3.8) is 0 Å². The molecule has 0 unspecified atom stereocenters. The molecule has 0 fully saturated rings. The van der Waals surface area contributed by atoms with Crippen LogP contribution in [-0.2, 0) is 0 Å². The van der Waals surface area contributed by atoms with Crippen LogP contribution < -0.4 is 0 Å². The SMILES string of the molecule is c1ccc(-c2ccc3c(c2)c2cc4c5ccccc5c5cc(-c6ccc7c(c6)oc6ccccc67)ccc5c4cc2n3-c2cc(-c3ccccc3)nc(-c3ccccc3)n2)cc1. The Kier molecular flexibility index (Phi) is 7.57. The zero-order chi connectivity index (χ0) is 40.7. The van der Waals surface area contributed by atoms with E-state index in [9.17, 15) is 0 Å². The van der Waals surface area contributed by atoms with E-state index in [-0.39, 0.29) is 0 Å². The number of fused-ring (bicyclic) bond motifs is 12. The van der Waals surface area contributed by atoms with Crippen LogP contribution in [0.4, 0.5) is 0 Å². The van der Waals surface area contributed by atoms with E-state index < -0.39 is 0 Å².